The van der Waals surface area contributed by atoms with E-state index < -0.39 is 21.6 Å². The van der Waals surface area contributed by atoms with Gasteiger partial charge >= 0.3 is 12.0 Å². The van der Waals surface area contributed by atoms with E-state index in [-0.39, 0.29) is 30.7 Å². The van der Waals surface area contributed by atoms with Gasteiger partial charge in [0, 0.05) is 38.7 Å². The van der Waals surface area contributed by atoms with Crippen LogP contribution in [0.1, 0.15) is 107 Å². The van der Waals surface area contributed by atoms with Gasteiger partial charge in [0.2, 0.25) is 10.0 Å². The number of aryl methyl sites for hydroxylation is 2. The number of carbonyl (C=O) groups is 3. The second-order valence-electron chi connectivity index (χ2n) is 12.5. The third-order valence-corrected chi connectivity index (χ3v) is 11.0. The average molecular weight is 648 g/mol. The second kappa shape index (κ2) is 17.1. The van der Waals surface area contributed by atoms with Gasteiger partial charge in [-0.15, -0.1) is 0 Å². The number of benzene rings is 1. The molecule has 12 heteroatoms. The Morgan fingerprint density at radius 3 is 2.09 bits per heavy atom. The number of urea groups is 1. The molecule has 0 bridgehead atoms. The summed E-state index contributed by atoms with van der Waals surface area (Å²) in [6, 6.07) is 3.14. The molecule has 1 aromatic carbocycles. The quantitative estimate of drug-likeness (QED) is 0.171. The summed E-state index contributed by atoms with van der Waals surface area (Å²) in [6.45, 7) is 6.64. The van der Waals surface area contributed by atoms with Crippen molar-refractivity contribution in [3.05, 3.63) is 28.8 Å². The van der Waals surface area contributed by atoms with Gasteiger partial charge < -0.3 is 15.8 Å². The fourth-order valence-corrected chi connectivity index (χ4v) is 7.71. The summed E-state index contributed by atoms with van der Waals surface area (Å²) in [5.41, 5.74) is 7.98. The number of ether oxygens (including phenoxy) is 1. The van der Waals surface area contributed by atoms with Crippen molar-refractivity contribution in [3.8, 4) is 0 Å². The molecule has 0 atom stereocenters. The van der Waals surface area contributed by atoms with E-state index in [0.717, 1.165) is 67.5 Å². The SMILES string of the molecule is CCOC(=O)CCCCCCCCCCCC1=NC2(CCN(S(=O)(=O)CCc3c(C)cc(N(C)C(N)=O)cc3C)CC2)C(=O)N1. The molecular weight excluding hydrogens is 594 g/mol. The topological polar surface area (TPSA) is 151 Å². The van der Waals surface area contributed by atoms with E-state index in [1.165, 1.54) is 28.5 Å². The maximum absolute atomic E-state index is 13.3. The van der Waals surface area contributed by atoms with E-state index in [9.17, 15) is 22.8 Å². The number of hydrogen-bond acceptors (Lipinski definition) is 7. The number of unbranched alkanes of at least 4 members (excludes halogenated alkanes) is 8. The van der Waals surface area contributed by atoms with Crippen LogP contribution in [0.4, 0.5) is 10.5 Å². The summed E-state index contributed by atoms with van der Waals surface area (Å²) in [7, 11) is -1.92. The molecule has 3 rings (SSSR count). The smallest absolute Gasteiger partial charge is 0.318 e. The van der Waals surface area contributed by atoms with E-state index in [4.69, 9.17) is 15.5 Å². The Morgan fingerprint density at radius 1 is 0.978 bits per heavy atom. The summed E-state index contributed by atoms with van der Waals surface area (Å²) in [5, 5.41) is 2.97. The van der Waals surface area contributed by atoms with E-state index in [2.05, 4.69) is 5.32 Å². The first-order chi connectivity index (χ1) is 21.4. The van der Waals surface area contributed by atoms with Crippen molar-refractivity contribution >= 4 is 39.5 Å². The van der Waals surface area contributed by atoms with Crippen molar-refractivity contribution in [2.24, 2.45) is 10.7 Å². The van der Waals surface area contributed by atoms with E-state index in [1.54, 1.807) is 7.05 Å². The zero-order valence-corrected chi connectivity index (χ0v) is 28.5. The third kappa shape index (κ3) is 10.5. The highest BCUT2D eigenvalue weighted by Crippen LogP contribution is 2.32. The molecule has 45 heavy (non-hydrogen) atoms. The first-order valence-electron chi connectivity index (χ1n) is 16.6. The minimum atomic E-state index is -3.52. The molecular formula is C33H53N5O6S. The van der Waals surface area contributed by atoms with Crippen LogP contribution in [0, 0.1) is 13.8 Å². The highest BCUT2D eigenvalue weighted by atomic mass is 32.2. The number of primary amides is 1. The number of sulfonamides is 1. The minimum absolute atomic E-state index is 0.0249. The number of aliphatic imine (C=N–C) groups is 1. The Kier molecular flexibility index (Phi) is 13.8. The van der Waals surface area contributed by atoms with Crippen LogP contribution < -0.4 is 16.0 Å². The fourth-order valence-electron chi connectivity index (χ4n) is 6.25. The van der Waals surface area contributed by atoms with Gasteiger partial charge in [0.15, 0.2) is 0 Å². The maximum atomic E-state index is 13.3. The van der Waals surface area contributed by atoms with E-state index in [1.807, 2.05) is 32.9 Å². The number of amides is 3. The molecule has 2 aliphatic heterocycles. The molecule has 2 heterocycles. The molecule has 252 valence electrons. The van der Waals surface area contributed by atoms with E-state index >= 15 is 0 Å². The number of nitrogens with one attached hydrogen (secondary N) is 1. The normalized spacial score (nSPS) is 16.4. The standard InChI is InChI=1S/C33H53N5O6S/c1-5-44-30(39)16-14-12-10-8-6-7-9-11-13-15-29-35-31(40)33(36-29)18-20-38(21-19-33)45(42,43)22-17-28-25(2)23-27(24-26(28)3)37(4)32(34)41/h23-24H,5-22H2,1-4H3,(H2,34,41)(H,35,36,40). The summed E-state index contributed by atoms with van der Waals surface area (Å²) in [5.74, 6) is 0.501. The molecule has 3 N–H and O–H groups in total. The number of piperidine rings is 1. The monoisotopic (exact) mass is 647 g/mol. The summed E-state index contributed by atoms with van der Waals surface area (Å²) < 4.78 is 33.0. The Morgan fingerprint density at radius 2 is 1.53 bits per heavy atom. The molecule has 1 spiro atoms. The molecule has 3 amide bonds. The largest absolute Gasteiger partial charge is 0.466 e. The van der Waals surface area contributed by atoms with Crippen LogP contribution in [0.3, 0.4) is 0 Å². The lowest BCUT2D eigenvalue weighted by Crippen LogP contribution is -2.50. The Hall–Kier alpha value is -2.99. The predicted octanol–water partition coefficient (Wildman–Crippen LogP) is 4.91. The molecule has 0 aromatic heterocycles. The second-order valence-corrected chi connectivity index (χ2v) is 14.5. The molecule has 1 saturated heterocycles. The first-order valence-corrected chi connectivity index (χ1v) is 18.2. The van der Waals surface area contributed by atoms with Gasteiger partial charge in [-0.2, -0.15) is 0 Å². The van der Waals surface area contributed by atoms with Gasteiger partial charge in [0.1, 0.15) is 11.4 Å². The number of nitrogens with zero attached hydrogens (tertiary/aromatic N) is 3. The van der Waals surface area contributed by atoms with E-state index in [0.29, 0.717) is 38.0 Å². The van der Waals surface area contributed by atoms with Gasteiger partial charge in [0.25, 0.3) is 5.91 Å². The van der Waals surface area contributed by atoms with Crippen LogP contribution in [-0.2, 0) is 30.8 Å². The van der Waals surface area contributed by atoms with Crippen molar-refractivity contribution in [3.63, 3.8) is 0 Å². The molecule has 1 aromatic rings. The summed E-state index contributed by atoms with van der Waals surface area (Å²) >= 11 is 0. The van der Waals surface area contributed by atoms with Gasteiger partial charge in [0.05, 0.1) is 12.4 Å². The number of esters is 1. The van der Waals surface area contributed by atoms with Gasteiger partial charge in [-0.05, 0) is 81.7 Å². The van der Waals surface area contributed by atoms with Crippen LogP contribution in [0.5, 0.6) is 0 Å². The number of rotatable bonds is 18. The summed E-state index contributed by atoms with van der Waals surface area (Å²) in [6.07, 6.45) is 12.2. The number of anilines is 1. The molecule has 0 saturated carbocycles. The number of hydrogen-bond donors (Lipinski definition) is 2. The average Bonchev–Trinajstić information content (AvgIpc) is 3.28. The van der Waals surface area contributed by atoms with Crippen LogP contribution in [0.2, 0.25) is 0 Å². The van der Waals surface area contributed by atoms with Crippen molar-refractivity contribution < 1.29 is 27.5 Å². The molecule has 0 radical (unpaired) electrons. The third-order valence-electron chi connectivity index (χ3n) is 9.08. The van der Waals surface area contributed by atoms with Crippen LogP contribution in [0.25, 0.3) is 0 Å². The highest BCUT2D eigenvalue weighted by Gasteiger charge is 2.47. The fraction of sp³-hybridized carbons (Fsp3) is 0.697. The summed E-state index contributed by atoms with van der Waals surface area (Å²) in [4.78, 5) is 42.0. The van der Waals surface area contributed by atoms with Crippen molar-refractivity contribution in [1.82, 2.24) is 9.62 Å². The van der Waals surface area contributed by atoms with Crippen LogP contribution in [-0.4, -0.2) is 74.5 Å². The van der Waals surface area contributed by atoms with Gasteiger partial charge in [-0.3, -0.25) is 19.5 Å². The van der Waals surface area contributed by atoms with Crippen molar-refractivity contribution in [2.75, 3.05) is 37.4 Å². The number of amidine groups is 1. The Bertz CT molecular complexity index is 1300. The van der Waals surface area contributed by atoms with Gasteiger partial charge in [-0.25, -0.2) is 17.5 Å². The number of carbonyl (C=O) groups excluding carboxylic acids is 3. The van der Waals surface area contributed by atoms with Crippen molar-refractivity contribution in [1.29, 1.82) is 0 Å². The maximum Gasteiger partial charge on any atom is 0.318 e. The molecule has 0 aliphatic carbocycles. The first kappa shape index (κ1) is 36.5. The van der Waals surface area contributed by atoms with Crippen molar-refractivity contribution in [2.45, 2.75) is 116 Å². The van der Waals surface area contributed by atoms with Crippen LogP contribution in [0.15, 0.2) is 17.1 Å². The zero-order valence-electron chi connectivity index (χ0n) is 27.7. The molecule has 1 fully saturated rings. The highest BCUT2D eigenvalue weighted by molar-refractivity contribution is 7.89. The molecule has 2 aliphatic rings. The lowest BCUT2D eigenvalue weighted by Gasteiger charge is -2.34. The van der Waals surface area contributed by atoms with Crippen LogP contribution >= 0.6 is 0 Å². The molecule has 0 unspecified atom stereocenters. The Balaban J connectivity index is 1.37. The predicted molar refractivity (Wildman–Crippen MR) is 178 cm³/mol. The lowest BCUT2D eigenvalue weighted by atomic mass is 9.89. The number of nitrogens with two attached hydrogens (primary N) is 1. The zero-order chi connectivity index (χ0) is 33.0. The molecule has 11 nitrogen and oxygen atoms in total. The Labute approximate surface area is 269 Å². The van der Waals surface area contributed by atoms with Gasteiger partial charge in [-0.1, -0.05) is 44.9 Å². The lowest BCUT2D eigenvalue weighted by molar-refractivity contribution is -0.143. The minimum Gasteiger partial charge on any atom is -0.466 e.